The quantitative estimate of drug-likeness (QED) is 0.821. The first-order valence-corrected chi connectivity index (χ1v) is 6.15. The van der Waals surface area contributed by atoms with Crippen LogP contribution in [0.5, 0.6) is 0 Å². The number of carbonyl (C=O) groups is 1. The Morgan fingerprint density at radius 2 is 2.24 bits per heavy atom. The van der Waals surface area contributed by atoms with Crippen molar-refractivity contribution >= 4 is 11.7 Å². The number of hydrogen-bond donors (Lipinski definition) is 2. The van der Waals surface area contributed by atoms with E-state index in [2.05, 4.69) is 12.2 Å². The summed E-state index contributed by atoms with van der Waals surface area (Å²) in [5.74, 6) is 0.733. The molecular weight excluding hydrogens is 214 g/mol. The molecule has 0 aromatic heterocycles. The van der Waals surface area contributed by atoms with Gasteiger partial charge >= 0.3 is 5.97 Å². The highest BCUT2D eigenvalue weighted by atomic mass is 16.4. The zero-order valence-electron chi connectivity index (χ0n) is 10.4. The van der Waals surface area contributed by atoms with Crippen LogP contribution in [0.2, 0.25) is 0 Å². The number of rotatable bonds is 5. The van der Waals surface area contributed by atoms with Crippen LogP contribution in [-0.2, 0) is 0 Å². The number of benzene rings is 1. The van der Waals surface area contributed by atoms with Crippen LogP contribution in [0.1, 0.15) is 35.7 Å². The molecule has 1 aromatic rings. The lowest BCUT2D eigenvalue weighted by Gasteiger charge is -2.13. The summed E-state index contributed by atoms with van der Waals surface area (Å²) in [7, 11) is 0. The van der Waals surface area contributed by atoms with E-state index in [0.717, 1.165) is 23.7 Å². The van der Waals surface area contributed by atoms with Crippen LogP contribution in [0, 0.1) is 18.8 Å². The molecule has 0 saturated heterocycles. The second kappa shape index (κ2) is 4.78. The maximum absolute atomic E-state index is 10.9. The minimum atomic E-state index is -0.861. The summed E-state index contributed by atoms with van der Waals surface area (Å²) in [6.07, 6.45) is 2.72. The number of nitrogens with one attached hydrogen (secondary N) is 1. The SMILES string of the molecule is Cc1cc(NCC(C)C2CC2)ccc1C(=O)O. The Bertz CT molecular complexity index is 424. The fourth-order valence-corrected chi connectivity index (χ4v) is 2.12. The fourth-order valence-electron chi connectivity index (χ4n) is 2.12. The molecule has 3 nitrogen and oxygen atoms in total. The molecule has 3 heteroatoms. The molecular formula is C14H19NO2. The lowest BCUT2D eigenvalue weighted by atomic mass is 10.1. The first-order chi connectivity index (χ1) is 8.08. The molecule has 1 aliphatic rings. The van der Waals surface area contributed by atoms with Gasteiger partial charge < -0.3 is 10.4 Å². The van der Waals surface area contributed by atoms with Crippen molar-refractivity contribution in [1.82, 2.24) is 0 Å². The van der Waals surface area contributed by atoms with Gasteiger partial charge in [-0.1, -0.05) is 6.92 Å². The molecule has 1 aromatic carbocycles. The average molecular weight is 233 g/mol. The Morgan fingerprint density at radius 3 is 2.76 bits per heavy atom. The van der Waals surface area contributed by atoms with E-state index in [0.29, 0.717) is 11.5 Å². The summed E-state index contributed by atoms with van der Waals surface area (Å²) in [4.78, 5) is 10.9. The van der Waals surface area contributed by atoms with Crippen LogP contribution in [0.4, 0.5) is 5.69 Å². The predicted molar refractivity (Wildman–Crippen MR) is 68.5 cm³/mol. The molecule has 0 spiro atoms. The predicted octanol–water partition coefficient (Wildman–Crippen LogP) is 3.15. The summed E-state index contributed by atoms with van der Waals surface area (Å²) < 4.78 is 0. The topological polar surface area (TPSA) is 49.3 Å². The molecule has 1 saturated carbocycles. The van der Waals surface area contributed by atoms with Gasteiger partial charge in [-0.05, 0) is 55.4 Å². The molecule has 1 atom stereocenters. The zero-order chi connectivity index (χ0) is 12.4. The van der Waals surface area contributed by atoms with Gasteiger partial charge in [0.15, 0.2) is 0 Å². The Labute approximate surface area is 102 Å². The van der Waals surface area contributed by atoms with Crippen molar-refractivity contribution in [2.45, 2.75) is 26.7 Å². The van der Waals surface area contributed by atoms with Crippen molar-refractivity contribution in [3.05, 3.63) is 29.3 Å². The van der Waals surface area contributed by atoms with Crippen LogP contribution >= 0.6 is 0 Å². The smallest absolute Gasteiger partial charge is 0.335 e. The molecule has 2 rings (SSSR count). The minimum absolute atomic E-state index is 0.380. The summed E-state index contributed by atoms with van der Waals surface area (Å²) in [5.41, 5.74) is 2.20. The molecule has 92 valence electrons. The third-order valence-corrected chi connectivity index (χ3v) is 3.51. The largest absolute Gasteiger partial charge is 0.478 e. The van der Waals surface area contributed by atoms with E-state index in [1.165, 1.54) is 12.8 Å². The third kappa shape index (κ3) is 2.99. The maximum Gasteiger partial charge on any atom is 0.335 e. The van der Waals surface area contributed by atoms with Gasteiger partial charge in [-0.25, -0.2) is 4.79 Å². The number of carboxylic acid groups (broad SMARTS) is 1. The molecule has 0 bridgehead atoms. The first kappa shape index (κ1) is 12.0. The van der Waals surface area contributed by atoms with Crippen molar-refractivity contribution in [3.63, 3.8) is 0 Å². The molecule has 0 aliphatic heterocycles. The summed E-state index contributed by atoms with van der Waals surface area (Å²) in [6.45, 7) is 5.07. The van der Waals surface area contributed by atoms with E-state index >= 15 is 0 Å². The van der Waals surface area contributed by atoms with Crippen molar-refractivity contribution in [2.75, 3.05) is 11.9 Å². The zero-order valence-corrected chi connectivity index (χ0v) is 10.4. The molecule has 0 amide bonds. The van der Waals surface area contributed by atoms with Crippen LogP contribution in [0.15, 0.2) is 18.2 Å². The Kier molecular flexibility index (Phi) is 3.36. The van der Waals surface area contributed by atoms with E-state index in [1.807, 2.05) is 19.1 Å². The monoisotopic (exact) mass is 233 g/mol. The van der Waals surface area contributed by atoms with Crippen molar-refractivity contribution < 1.29 is 9.90 Å². The van der Waals surface area contributed by atoms with E-state index in [4.69, 9.17) is 5.11 Å². The molecule has 2 N–H and O–H groups in total. The molecule has 17 heavy (non-hydrogen) atoms. The van der Waals surface area contributed by atoms with Crippen LogP contribution in [0.25, 0.3) is 0 Å². The highest BCUT2D eigenvalue weighted by Gasteiger charge is 2.27. The van der Waals surface area contributed by atoms with Crippen LogP contribution in [0.3, 0.4) is 0 Å². The molecule has 0 heterocycles. The summed E-state index contributed by atoms with van der Waals surface area (Å²) in [5, 5.41) is 12.3. The highest BCUT2D eigenvalue weighted by Crippen LogP contribution is 2.36. The number of carboxylic acids is 1. The average Bonchev–Trinajstić information content (AvgIpc) is 3.09. The normalized spacial score (nSPS) is 16.6. The van der Waals surface area contributed by atoms with Gasteiger partial charge in [0, 0.05) is 12.2 Å². The molecule has 1 aliphatic carbocycles. The van der Waals surface area contributed by atoms with Gasteiger partial charge in [-0.15, -0.1) is 0 Å². The van der Waals surface area contributed by atoms with E-state index in [1.54, 1.807) is 6.07 Å². The standard InChI is InChI=1S/C14H19NO2/c1-9-7-12(5-6-13(9)14(16)17)15-8-10(2)11-3-4-11/h5-7,10-11,15H,3-4,8H2,1-2H3,(H,16,17). The minimum Gasteiger partial charge on any atom is -0.478 e. The first-order valence-electron chi connectivity index (χ1n) is 6.15. The second-order valence-electron chi connectivity index (χ2n) is 5.03. The van der Waals surface area contributed by atoms with Gasteiger partial charge in [0.2, 0.25) is 0 Å². The van der Waals surface area contributed by atoms with Crippen LogP contribution in [-0.4, -0.2) is 17.6 Å². The van der Waals surface area contributed by atoms with Gasteiger partial charge in [-0.3, -0.25) is 0 Å². The lowest BCUT2D eigenvalue weighted by Crippen LogP contribution is -2.13. The number of anilines is 1. The molecule has 1 unspecified atom stereocenters. The van der Waals surface area contributed by atoms with Gasteiger partial charge in [-0.2, -0.15) is 0 Å². The fraction of sp³-hybridized carbons (Fsp3) is 0.500. The Hall–Kier alpha value is -1.51. The second-order valence-corrected chi connectivity index (χ2v) is 5.03. The van der Waals surface area contributed by atoms with E-state index in [-0.39, 0.29) is 0 Å². The maximum atomic E-state index is 10.9. The number of aryl methyl sites for hydroxylation is 1. The molecule has 0 radical (unpaired) electrons. The Morgan fingerprint density at radius 1 is 1.53 bits per heavy atom. The summed E-state index contributed by atoms with van der Waals surface area (Å²) in [6, 6.07) is 5.42. The van der Waals surface area contributed by atoms with Crippen molar-refractivity contribution in [3.8, 4) is 0 Å². The third-order valence-electron chi connectivity index (χ3n) is 3.51. The summed E-state index contributed by atoms with van der Waals surface area (Å²) >= 11 is 0. The van der Waals surface area contributed by atoms with Crippen LogP contribution < -0.4 is 5.32 Å². The number of aromatic carboxylic acids is 1. The van der Waals surface area contributed by atoms with E-state index < -0.39 is 5.97 Å². The van der Waals surface area contributed by atoms with E-state index in [9.17, 15) is 4.79 Å². The Balaban J connectivity index is 1.97. The van der Waals surface area contributed by atoms with Crippen molar-refractivity contribution in [2.24, 2.45) is 11.8 Å². The van der Waals surface area contributed by atoms with Gasteiger partial charge in [0.25, 0.3) is 0 Å². The highest BCUT2D eigenvalue weighted by molar-refractivity contribution is 5.89. The van der Waals surface area contributed by atoms with Crippen molar-refractivity contribution in [1.29, 1.82) is 0 Å². The van der Waals surface area contributed by atoms with Gasteiger partial charge in [0.05, 0.1) is 5.56 Å². The molecule has 1 fully saturated rings. The van der Waals surface area contributed by atoms with Gasteiger partial charge in [0.1, 0.15) is 0 Å². The lowest BCUT2D eigenvalue weighted by molar-refractivity contribution is 0.0696. The number of hydrogen-bond acceptors (Lipinski definition) is 2.